The van der Waals surface area contributed by atoms with E-state index in [0.29, 0.717) is 23.3 Å². The highest BCUT2D eigenvalue weighted by Gasteiger charge is 2.50. The van der Waals surface area contributed by atoms with Gasteiger partial charge in [0.05, 0.1) is 10.5 Å². The molecule has 5 nitrogen and oxygen atoms in total. The van der Waals surface area contributed by atoms with Gasteiger partial charge in [-0.25, -0.2) is 13.1 Å². The highest BCUT2D eigenvalue weighted by atomic mass is 32.2. The first-order valence-corrected chi connectivity index (χ1v) is 13.2. The lowest BCUT2D eigenvalue weighted by Crippen LogP contribution is -2.53. The summed E-state index contributed by atoms with van der Waals surface area (Å²) in [6.45, 7) is 1.97. The van der Waals surface area contributed by atoms with Crippen LogP contribution in [0.5, 0.6) is 0 Å². The molecule has 0 aliphatic heterocycles. The molecule has 0 spiro atoms. The molecule has 0 amide bonds. The number of hydrogen-bond donors (Lipinski definition) is 1. The summed E-state index contributed by atoms with van der Waals surface area (Å²) in [7, 11) is -3.97. The minimum Gasteiger partial charge on any atom is -0.289 e. The van der Waals surface area contributed by atoms with Crippen molar-refractivity contribution in [3.8, 4) is 0 Å². The minimum atomic E-state index is -3.97. The third-order valence-corrected chi connectivity index (χ3v) is 10.0. The first-order valence-electron chi connectivity index (χ1n) is 11.7. The standard InChI is InChI=1S/C26H27NO4S/c1-14(23-17-10-15-9-16(12-17)13-18(23)11-15)27-32(30,31)22-8-4-7-21-24(22)26(29)20-6-3-2-5-19(20)25(21)28/h2-8,14-18,23,27H,9-13H2,1H3/t14-,15?,16?,17?,18?,23?/m0/s1. The van der Waals surface area contributed by atoms with Gasteiger partial charge in [0, 0.05) is 22.7 Å². The molecule has 4 fully saturated rings. The van der Waals surface area contributed by atoms with Crippen LogP contribution in [0.4, 0.5) is 0 Å². The molecule has 5 aliphatic rings. The number of fused-ring (bicyclic) bond motifs is 2. The number of carbonyl (C=O) groups is 2. The predicted molar refractivity (Wildman–Crippen MR) is 120 cm³/mol. The van der Waals surface area contributed by atoms with Crippen molar-refractivity contribution in [2.45, 2.75) is 50.0 Å². The molecule has 0 unspecified atom stereocenters. The zero-order chi connectivity index (χ0) is 22.2. The summed E-state index contributed by atoms with van der Waals surface area (Å²) in [4.78, 5) is 26.2. The van der Waals surface area contributed by atoms with Crippen LogP contribution in [-0.2, 0) is 10.0 Å². The van der Waals surface area contributed by atoms with E-state index in [-0.39, 0.29) is 33.4 Å². The quantitative estimate of drug-likeness (QED) is 0.647. The van der Waals surface area contributed by atoms with E-state index in [2.05, 4.69) is 4.72 Å². The van der Waals surface area contributed by atoms with Crippen molar-refractivity contribution < 1.29 is 18.0 Å². The zero-order valence-electron chi connectivity index (χ0n) is 18.1. The van der Waals surface area contributed by atoms with E-state index < -0.39 is 15.8 Å². The zero-order valence-corrected chi connectivity index (χ0v) is 18.9. The smallest absolute Gasteiger partial charge is 0.241 e. The van der Waals surface area contributed by atoms with Gasteiger partial charge >= 0.3 is 0 Å². The second-order valence-electron chi connectivity index (χ2n) is 10.3. The topological polar surface area (TPSA) is 80.3 Å². The molecule has 0 heterocycles. The molecule has 2 aromatic carbocycles. The summed E-state index contributed by atoms with van der Waals surface area (Å²) in [5, 5.41) is 0. The van der Waals surface area contributed by atoms with Crippen LogP contribution >= 0.6 is 0 Å². The van der Waals surface area contributed by atoms with Crippen LogP contribution < -0.4 is 4.72 Å². The third-order valence-electron chi connectivity index (χ3n) is 8.42. The molecular weight excluding hydrogens is 422 g/mol. The highest BCUT2D eigenvalue weighted by molar-refractivity contribution is 7.89. The van der Waals surface area contributed by atoms with E-state index in [1.54, 1.807) is 36.4 Å². The molecule has 0 aromatic heterocycles. The number of benzene rings is 2. The molecule has 32 heavy (non-hydrogen) atoms. The van der Waals surface area contributed by atoms with Gasteiger partial charge in [0.25, 0.3) is 0 Å². The average Bonchev–Trinajstić information content (AvgIpc) is 2.76. The largest absolute Gasteiger partial charge is 0.289 e. The SMILES string of the molecule is C[C@H](NS(=O)(=O)c1cccc2c1C(=O)c1ccccc1C2=O)C1C2CC3CC(C2)CC1C3. The highest BCUT2D eigenvalue weighted by Crippen LogP contribution is 2.57. The van der Waals surface area contributed by atoms with Crippen molar-refractivity contribution in [2.75, 3.05) is 0 Å². The number of ketones is 2. The Morgan fingerprint density at radius 3 is 1.97 bits per heavy atom. The average molecular weight is 450 g/mol. The Balaban J connectivity index is 1.34. The van der Waals surface area contributed by atoms with Gasteiger partial charge in [-0.2, -0.15) is 0 Å². The Bertz CT molecular complexity index is 1220. The number of nitrogens with one attached hydrogen (secondary N) is 1. The Labute approximate surface area is 188 Å². The molecule has 0 radical (unpaired) electrons. The van der Waals surface area contributed by atoms with Gasteiger partial charge in [-0.15, -0.1) is 0 Å². The Morgan fingerprint density at radius 1 is 0.781 bits per heavy atom. The minimum absolute atomic E-state index is 0.000910. The van der Waals surface area contributed by atoms with E-state index in [4.69, 9.17) is 0 Å². The number of hydrogen-bond acceptors (Lipinski definition) is 4. The van der Waals surface area contributed by atoms with Gasteiger partial charge < -0.3 is 0 Å². The van der Waals surface area contributed by atoms with Crippen molar-refractivity contribution in [2.24, 2.45) is 29.6 Å². The first kappa shape index (κ1) is 20.3. The summed E-state index contributed by atoms with van der Waals surface area (Å²) in [6, 6.07) is 11.0. The van der Waals surface area contributed by atoms with Crippen molar-refractivity contribution in [3.05, 3.63) is 64.7 Å². The number of sulfonamides is 1. The van der Waals surface area contributed by atoms with Crippen LogP contribution in [0, 0.1) is 29.6 Å². The van der Waals surface area contributed by atoms with Crippen LogP contribution in [0.25, 0.3) is 0 Å². The molecule has 2 aromatic rings. The van der Waals surface area contributed by atoms with Crippen molar-refractivity contribution >= 4 is 21.6 Å². The maximum absolute atomic E-state index is 13.5. The summed E-state index contributed by atoms with van der Waals surface area (Å²) < 4.78 is 30.0. The molecule has 1 N–H and O–H groups in total. The summed E-state index contributed by atoms with van der Waals surface area (Å²) in [5.74, 6) is 2.45. The fourth-order valence-corrected chi connectivity index (χ4v) is 9.01. The lowest BCUT2D eigenvalue weighted by Gasteiger charge is -2.56. The number of carbonyl (C=O) groups excluding carboxylic acids is 2. The van der Waals surface area contributed by atoms with E-state index in [9.17, 15) is 18.0 Å². The van der Waals surface area contributed by atoms with Gasteiger partial charge in [0.15, 0.2) is 11.6 Å². The summed E-state index contributed by atoms with van der Waals surface area (Å²) in [6.07, 6.45) is 6.22. The fraction of sp³-hybridized carbons (Fsp3) is 0.462. The molecule has 1 atom stereocenters. The first-order chi connectivity index (χ1) is 15.3. The second kappa shape index (κ2) is 7.09. The van der Waals surface area contributed by atoms with E-state index in [1.165, 1.54) is 38.2 Å². The van der Waals surface area contributed by atoms with Crippen LogP contribution in [0.2, 0.25) is 0 Å². The normalized spacial score (nSPS) is 31.3. The number of rotatable bonds is 4. The van der Waals surface area contributed by atoms with E-state index >= 15 is 0 Å². The van der Waals surface area contributed by atoms with Crippen LogP contribution in [0.3, 0.4) is 0 Å². The Hall–Kier alpha value is -2.31. The van der Waals surface area contributed by atoms with E-state index in [1.807, 2.05) is 6.92 Å². The van der Waals surface area contributed by atoms with Crippen LogP contribution in [-0.4, -0.2) is 26.0 Å². The van der Waals surface area contributed by atoms with Crippen molar-refractivity contribution in [3.63, 3.8) is 0 Å². The summed E-state index contributed by atoms with van der Waals surface area (Å²) >= 11 is 0. The molecule has 4 saturated carbocycles. The second-order valence-corrected chi connectivity index (χ2v) is 12.0. The van der Waals surface area contributed by atoms with Gasteiger partial charge in [0.1, 0.15) is 0 Å². The fourth-order valence-electron chi connectivity index (χ4n) is 7.51. The Kier molecular flexibility index (Phi) is 4.50. The molecule has 4 bridgehead atoms. The molecule has 0 saturated heterocycles. The Morgan fingerprint density at radius 2 is 1.34 bits per heavy atom. The van der Waals surface area contributed by atoms with E-state index in [0.717, 1.165) is 11.8 Å². The van der Waals surface area contributed by atoms with Crippen LogP contribution in [0.1, 0.15) is 70.9 Å². The maximum Gasteiger partial charge on any atom is 0.241 e. The van der Waals surface area contributed by atoms with Crippen molar-refractivity contribution in [1.29, 1.82) is 0 Å². The van der Waals surface area contributed by atoms with Gasteiger partial charge in [-0.1, -0.05) is 36.4 Å². The predicted octanol–water partition coefficient (Wildman–Crippen LogP) is 4.20. The molecule has 5 aliphatic carbocycles. The lowest BCUT2D eigenvalue weighted by molar-refractivity contribution is -0.0463. The van der Waals surface area contributed by atoms with Crippen LogP contribution in [0.15, 0.2) is 47.4 Å². The molecular formula is C26H27NO4S. The van der Waals surface area contributed by atoms with Crippen molar-refractivity contribution in [1.82, 2.24) is 4.72 Å². The maximum atomic E-state index is 13.5. The monoisotopic (exact) mass is 449 g/mol. The third kappa shape index (κ3) is 2.96. The molecule has 6 heteroatoms. The molecule has 166 valence electrons. The lowest BCUT2D eigenvalue weighted by atomic mass is 9.51. The molecule has 7 rings (SSSR count). The summed E-state index contributed by atoms with van der Waals surface area (Å²) in [5.41, 5.74) is 0.760. The van der Waals surface area contributed by atoms with Gasteiger partial charge in [-0.3, -0.25) is 9.59 Å². The van der Waals surface area contributed by atoms with Gasteiger partial charge in [-0.05, 0) is 74.7 Å². The van der Waals surface area contributed by atoms with Gasteiger partial charge in [0.2, 0.25) is 10.0 Å².